The molecule has 12 nitrogen and oxygen atoms in total. The van der Waals surface area contributed by atoms with E-state index in [1.54, 1.807) is 0 Å². The Balaban J connectivity index is 2.33. The van der Waals surface area contributed by atoms with Gasteiger partial charge < -0.3 is 34.3 Å². The third-order valence-electron chi connectivity index (χ3n) is 12.6. The zero-order valence-corrected chi connectivity index (χ0v) is 42.8. The summed E-state index contributed by atoms with van der Waals surface area (Å²) in [5, 5.41) is 30.8. The van der Waals surface area contributed by atoms with Crippen LogP contribution in [0.4, 0.5) is 0 Å². The van der Waals surface area contributed by atoms with E-state index < -0.39 is 59.8 Å². The van der Waals surface area contributed by atoms with Crippen LogP contribution < -0.4 is 0 Å². The first kappa shape index (κ1) is 62.6. The molecule has 0 aromatic carbocycles. The summed E-state index contributed by atoms with van der Waals surface area (Å²) in [5.74, 6) is -0.399. The molecule has 1 rings (SSSR count). The average Bonchev–Trinajstić information content (AvgIpc) is 3.29. The smallest absolute Gasteiger partial charge is 0.397 e. The molecule has 0 bridgehead atoms. The molecule has 0 spiro atoms. The van der Waals surface area contributed by atoms with Gasteiger partial charge in [-0.05, 0) is 44.9 Å². The van der Waals surface area contributed by atoms with Crippen LogP contribution in [0, 0.1) is 0 Å². The second-order valence-electron chi connectivity index (χ2n) is 18.8. The van der Waals surface area contributed by atoms with Gasteiger partial charge in [-0.25, -0.2) is 4.18 Å². The molecule has 0 radical (unpaired) electrons. The van der Waals surface area contributed by atoms with E-state index in [2.05, 4.69) is 42.3 Å². The number of allylic oxidation sites excluding steroid dienone is 4. The topological polar surface area (TPSA) is 178 Å². The largest absolute Gasteiger partial charge is 0.457 e. The fourth-order valence-corrected chi connectivity index (χ4v) is 8.98. The predicted octanol–water partition coefficient (Wildman–Crippen LogP) is 12.8. The second-order valence-corrected chi connectivity index (χ2v) is 19.9. The van der Waals surface area contributed by atoms with Gasteiger partial charge in [-0.3, -0.25) is 9.35 Å². The molecule has 0 amide bonds. The summed E-state index contributed by atoms with van der Waals surface area (Å²) in [4.78, 5) is 12.9. The maximum Gasteiger partial charge on any atom is 0.397 e. The number of esters is 1. The van der Waals surface area contributed by atoms with Gasteiger partial charge in [-0.15, -0.1) is 0 Å². The minimum Gasteiger partial charge on any atom is -0.457 e. The Morgan fingerprint density at radius 3 is 1.47 bits per heavy atom. The highest BCUT2D eigenvalue weighted by Gasteiger charge is 2.48. The number of unbranched alkanes of at least 4 members (excludes halogenated alkanes) is 31. The fraction of sp³-hybridized carbons (Fsp3) is 0.906. The van der Waals surface area contributed by atoms with E-state index in [0.29, 0.717) is 13.0 Å². The van der Waals surface area contributed by atoms with E-state index in [4.69, 9.17) is 18.9 Å². The first-order valence-corrected chi connectivity index (χ1v) is 28.5. The van der Waals surface area contributed by atoms with Crippen molar-refractivity contribution in [1.29, 1.82) is 0 Å². The Kier molecular flexibility index (Phi) is 42.5. The Morgan fingerprint density at radius 1 is 0.576 bits per heavy atom. The van der Waals surface area contributed by atoms with Crippen LogP contribution in [0.3, 0.4) is 0 Å². The molecule has 390 valence electrons. The average molecular weight is 961 g/mol. The molecule has 1 heterocycles. The van der Waals surface area contributed by atoms with Crippen LogP contribution in [0.5, 0.6) is 0 Å². The quantitative estimate of drug-likeness (QED) is 0.0197. The summed E-state index contributed by atoms with van der Waals surface area (Å²) in [6.45, 7) is 4.01. The van der Waals surface area contributed by atoms with Crippen LogP contribution in [-0.2, 0) is 38.3 Å². The van der Waals surface area contributed by atoms with Crippen molar-refractivity contribution in [2.24, 2.45) is 0 Å². The number of hydrogen-bond donors (Lipinski definition) is 4. The molecular weight excluding hydrogens is 861 g/mol. The molecule has 6 unspecified atom stereocenters. The number of rotatable bonds is 48. The standard InChI is InChI=1S/C53H100O12S/c1-3-5-7-9-11-13-15-17-19-21-23-25-27-29-31-33-35-37-39-41-43-61-45-47(46-62-53-51(57)52(65-66(58,59)60)50(56)48(44-54)64-53)63-49(55)42-40-38-36-34-32-30-28-26-24-22-20-18-16-14-12-10-8-6-4-2/h12,14,18,20,47-48,50-54,56-57H,3-11,13,15-17,19,21-46H2,1-2H3,(H,58,59,60)/b14-12-,20-18-. The second kappa shape index (κ2) is 44.8. The van der Waals surface area contributed by atoms with Crippen molar-refractivity contribution >= 4 is 16.4 Å². The summed E-state index contributed by atoms with van der Waals surface area (Å²) >= 11 is 0. The highest BCUT2D eigenvalue weighted by molar-refractivity contribution is 7.80. The van der Waals surface area contributed by atoms with Crippen molar-refractivity contribution in [2.75, 3.05) is 26.4 Å². The molecule has 0 aromatic rings. The van der Waals surface area contributed by atoms with Gasteiger partial charge in [-0.1, -0.05) is 218 Å². The van der Waals surface area contributed by atoms with Crippen LogP contribution in [0.2, 0.25) is 0 Å². The van der Waals surface area contributed by atoms with E-state index in [9.17, 15) is 33.1 Å². The molecule has 1 aliphatic heterocycles. The van der Waals surface area contributed by atoms with Crippen molar-refractivity contribution in [3.05, 3.63) is 24.3 Å². The number of ether oxygens (including phenoxy) is 4. The first-order valence-electron chi connectivity index (χ1n) is 27.1. The van der Waals surface area contributed by atoms with E-state index in [-0.39, 0.29) is 19.6 Å². The first-order chi connectivity index (χ1) is 32.1. The molecule has 1 aliphatic rings. The third-order valence-corrected chi connectivity index (χ3v) is 13.0. The van der Waals surface area contributed by atoms with E-state index in [0.717, 1.165) is 51.4 Å². The molecule has 0 aliphatic carbocycles. The van der Waals surface area contributed by atoms with Gasteiger partial charge >= 0.3 is 16.4 Å². The number of carbonyl (C=O) groups is 1. The fourth-order valence-electron chi connectivity index (χ4n) is 8.47. The van der Waals surface area contributed by atoms with Gasteiger partial charge in [0.05, 0.1) is 19.8 Å². The van der Waals surface area contributed by atoms with Crippen molar-refractivity contribution < 1.29 is 56.2 Å². The summed E-state index contributed by atoms with van der Waals surface area (Å²) in [6, 6.07) is 0. The normalized spacial score (nSPS) is 19.6. The predicted molar refractivity (Wildman–Crippen MR) is 267 cm³/mol. The summed E-state index contributed by atoms with van der Waals surface area (Å²) in [6.07, 6.45) is 43.5. The highest BCUT2D eigenvalue weighted by atomic mass is 32.3. The molecule has 66 heavy (non-hydrogen) atoms. The van der Waals surface area contributed by atoms with E-state index in [1.807, 2.05) is 0 Å². The summed E-state index contributed by atoms with van der Waals surface area (Å²) in [7, 11) is -5.06. The lowest BCUT2D eigenvalue weighted by molar-refractivity contribution is -0.301. The minimum atomic E-state index is -5.06. The SMILES string of the molecule is CCCCC/C=C\C/C=C\CCCCCCCCCCCC(=O)OC(COCCCCCCCCCCCCCCCCCCCCCC)COC1OC(CO)C(O)C(OS(=O)(=O)O)C1O. The van der Waals surface area contributed by atoms with Crippen LogP contribution in [0.25, 0.3) is 0 Å². The monoisotopic (exact) mass is 961 g/mol. The van der Waals surface area contributed by atoms with E-state index in [1.165, 1.54) is 167 Å². The van der Waals surface area contributed by atoms with Crippen LogP contribution in [-0.4, -0.2) is 97.5 Å². The van der Waals surface area contributed by atoms with E-state index >= 15 is 0 Å². The van der Waals surface area contributed by atoms with Crippen LogP contribution >= 0.6 is 0 Å². The lowest BCUT2D eigenvalue weighted by Gasteiger charge is -2.41. The molecule has 1 saturated heterocycles. The number of aliphatic hydroxyl groups excluding tert-OH is 3. The van der Waals surface area contributed by atoms with Crippen LogP contribution in [0.1, 0.15) is 245 Å². The van der Waals surface area contributed by atoms with Crippen molar-refractivity contribution in [2.45, 2.75) is 282 Å². The van der Waals surface area contributed by atoms with Crippen molar-refractivity contribution in [1.82, 2.24) is 0 Å². The molecular formula is C53H100O12S. The van der Waals surface area contributed by atoms with Gasteiger partial charge in [0.25, 0.3) is 0 Å². The molecule has 0 aromatic heterocycles. The third kappa shape index (κ3) is 37.5. The minimum absolute atomic E-state index is 0.0392. The zero-order valence-electron chi connectivity index (χ0n) is 42.0. The maximum atomic E-state index is 12.9. The maximum absolute atomic E-state index is 12.9. The molecule has 6 atom stereocenters. The van der Waals surface area contributed by atoms with Gasteiger partial charge in [0.1, 0.15) is 30.5 Å². The lowest BCUT2D eigenvalue weighted by Crippen LogP contribution is -2.60. The number of carbonyl (C=O) groups excluding carboxylic acids is 1. The number of aliphatic hydroxyl groups is 3. The summed E-state index contributed by atoms with van der Waals surface area (Å²) in [5.41, 5.74) is 0. The Bertz CT molecular complexity index is 1250. The molecule has 4 N–H and O–H groups in total. The summed E-state index contributed by atoms with van der Waals surface area (Å²) < 4.78 is 59.3. The van der Waals surface area contributed by atoms with Crippen molar-refractivity contribution in [3.8, 4) is 0 Å². The van der Waals surface area contributed by atoms with Gasteiger partial charge in [0, 0.05) is 13.0 Å². The molecule has 1 fully saturated rings. The Hall–Kier alpha value is -1.42. The zero-order chi connectivity index (χ0) is 48.2. The molecule has 0 saturated carbocycles. The van der Waals surface area contributed by atoms with Crippen molar-refractivity contribution in [3.63, 3.8) is 0 Å². The Labute approximate surface area is 403 Å². The Morgan fingerprint density at radius 2 is 1.00 bits per heavy atom. The van der Waals surface area contributed by atoms with Crippen LogP contribution in [0.15, 0.2) is 24.3 Å². The molecule has 13 heteroatoms. The van der Waals surface area contributed by atoms with Gasteiger partial charge in [-0.2, -0.15) is 8.42 Å². The highest BCUT2D eigenvalue weighted by Crippen LogP contribution is 2.26. The lowest BCUT2D eigenvalue weighted by atomic mass is 9.99. The van der Waals surface area contributed by atoms with Gasteiger partial charge in [0.2, 0.25) is 0 Å². The number of hydrogen-bond acceptors (Lipinski definition) is 11. The van der Waals surface area contributed by atoms with Gasteiger partial charge in [0.15, 0.2) is 6.29 Å².